The van der Waals surface area contributed by atoms with Crippen molar-refractivity contribution in [2.24, 2.45) is 0 Å². The molecule has 0 amide bonds. The Morgan fingerprint density at radius 3 is 2.82 bits per heavy atom. The number of phenolic OH excluding ortho intramolecular Hbond substituents is 1. The van der Waals surface area contributed by atoms with Gasteiger partial charge in [-0.3, -0.25) is 4.57 Å². The fourth-order valence-corrected chi connectivity index (χ4v) is 2.73. The van der Waals surface area contributed by atoms with Crippen LogP contribution in [-0.4, -0.2) is 14.7 Å². The number of imidazole rings is 1. The van der Waals surface area contributed by atoms with Crippen LogP contribution in [0, 0.1) is 6.92 Å². The average Bonchev–Trinajstić information content (AvgIpc) is 2.80. The number of phenols is 1. The van der Waals surface area contributed by atoms with Crippen molar-refractivity contribution in [1.29, 1.82) is 0 Å². The fourth-order valence-electron chi connectivity index (χ4n) is 1.86. The Morgan fingerprint density at radius 1 is 1.29 bits per heavy atom. The van der Waals surface area contributed by atoms with Gasteiger partial charge in [0.1, 0.15) is 10.8 Å². The number of benzene rings is 1. The van der Waals surface area contributed by atoms with Gasteiger partial charge in [0.15, 0.2) is 0 Å². The third-order valence-electron chi connectivity index (χ3n) is 2.61. The number of hydrogen-bond donors (Lipinski definition) is 2. The first kappa shape index (κ1) is 10.2. The Labute approximate surface area is 101 Å². The number of fused-ring (bicyclic) bond motifs is 1. The SMILES string of the molecule is Cc1ccc(-n2c(=O)[nH]c3cc(O)ccc32)s1. The summed E-state index contributed by atoms with van der Waals surface area (Å²) in [5.41, 5.74) is 1.23. The van der Waals surface area contributed by atoms with Gasteiger partial charge in [-0.2, -0.15) is 0 Å². The van der Waals surface area contributed by atoms with Gasteiger partial charge < -0.3 is 10.1 Å². The van der Waals surface area contributed by atoms with Gasteiger partial charge in [0.05, 0.1) is 11.0 Å². The van der Waals surface area contributed by atoms with E-state index in [2.05, 4.69) is 4.98 Å². The molecule has 2 N–H and O–H groups in total. The van der Waals surface area contributed by atoms with Crippen molar-refractivity contribution in [2.75, 3.05) is 0 Å². The van der Waals surface area contributed by atoms with Crippen molar-refractivity contribution in [2.45, 2.75) is 6.92 Å². The molecule has 0 spiro atoms. The summed E-state index contributed by atoms with van der Waals surface area (Å²) in [4.78, 5) is 15.8. The summed E-state index contributed by atoms with van der Waals surface area (Å²) in [5.74, 6) is 0.147. The summed E-state index contributed by atoms with van der Waals surface area (Å²) in [6.45, 7) is 2.00. The highest BCUT2D eigenvalue weighted by atomic mass is 32.1. The van der Waals surface area contributed by atoms with E-state index in [-0.39, 0.29) is 11.4 Å². The molecule has 0 aliphatic carbocycles. The Morgan fingerprint density at radius 2 is 2.12 bits per heavy atom. The monoisotopic (exact) mass is 246 g/mol. The van der Waals surface area contributed by atoms with Crippen LogP contribution in [0.5, 0.6) is 5.75 Å². The molecule has 17 heavy (non-hydrogen) atoms. The molecule has 1 aromatic carbocycles. The van der Waals surface area contributed by atoms with E-state index in [9.17, 15) is 9.90 Å². The van der Waals surface area contributed by atoms with E-state index in [0.29, 0.717) is 5.52 Å². The van der Waals surface area contributed by atoms with E-state index in [1.165, 1.54) is 0 Å². The Hall–Kier alpha value is -2.01. The molecule has 3 rings (SSSR count). The van der Waals surface area contributed by atoms with Gasteiger partial charge in [-0.25, -0.2) is 4.79 Å². The molecule has 3 aromatic rings. The molecule has 4 nitrogen and oxygen atoms in total. The predicted molar refractivity (Wildman–Crippen MR) is 68.2 cm³/mol. The van der Waals surface area contributed by atoms with Crippen LogP contribution in [-0.2, 0) is 0 Å². The molecule has 0 unspecified atom stereocenters. The number of aryl methyl sites for hydroxylation is 1. The zero-order valence-electron chi connectivity index (χ0n) is 9.10. The molecule has 2 heterocycles. The average molecular weight is 246 g/mol. The van der Waals surface area contributed by atoms with Gasteiger partial charge in [0, 0.05) is 10.9 Å². The second-order valence-corrected chi connectivity index (χ2v) is 5.12. The van der Waals surface area contributed by atoms with Gasteiger partial charge in [0.25, 0.3) is 0 Å². The van der Waals surface area contributed by atoms with Gasteiger partial charge in [-0.15, -0.1) is 11.3 Å². The van der Waals surface area contributed by atoms with E-state index < -0.39 is 0 Å². The van der Waals surface area contributed by atoms with Crippen LogP contribution in [0.2, 0.25) is 0 Å². The van der Waals surface area contributed by atoms with Crippen LogP contribution >= 0.6 is 11.3 Å². The maximum atomic E-state index is 11.9. The summed E-state index contributed by atoms with van der Waals surface area (Å²) < 4.78 is 1.62. The molecule has 86 valence electrons. The molecule has 2 aromatic heterocycles. The zero-order chi connectivity index (χ0) is 12.0. The number of H-pyrrole nitrogens is 1. The number of rotatable bonds is 1. The lowest BCUT2D eigenvalue weighted by molar-refractivity contribution is 0.476. The minimum absolute atomic E-state index is 0.147. The molecule has 0 fully saturated rings. The summed E-state index contributed by atoms with van der Waals surface area (Å²) in [6.07, 6.45) is 0. The highest BCUT2D eigenvalue weighted by Crippen LogP contribution is 2.24. The van der Waals surface area contributed by atoms with Gasteiger partial charge in [0.2, 0.25) is 0 Å². The molecular weight excluding hydrogens is 236 g/mol. The van der Waals surface area contributed by atoms with E-state index in [1.54, 1.807) is 34.1 Å². The van der Waals surface area contributed by atoms with E-state index in [0.717, 1.165) is 15.4 Å². The second kappa shape index (κ2) is 3.49. The number of aromatic nitrogens is 2. The molecule has 0 saturated heterocycles. The Kier molecular flexibility index (Phi) is 2.09. The zero-order valence-corrected chi connectivity index (χ0v) is 9.91. The maximum absolute atomic E-state index is 11.9. The quantitative estimate of drug-likeness (QED) is 0.692. The number of aromatic hydroxyl groups is 1. The molecular formula is C12H10N2O2S. The third-order valence-corrected chi connectivity index (χ3v) is 3.60. The van der Waals surface area contributed by atoms with E-state index in [4.69, 9.17) is 0 Å². The summed E-state index contributed by atoms with van der Waals surface area (Å²) in [7, 11) is 0. The lowest BCUT2D eigenvalue weighted by Gasteiger charge is -1.98. The fraction of sp³-hybridized carbons (Fsp3) is 0.0833. The smallest absolute Gasteiger partial charge is 0.331 e. The van der Waals surface area contributed by atoms with Gasteiger partial charge in [-0.1, -0.05) is 0 Å². The molecule has 0 saturated carbocycles. The van der Waals surface area contributed by atoms with Crippen molar-refractivity contribution < 1.29 is 5.11 Å². The van der Waals surface area contributed by atoms with Gasteiger partial charge in [-0.05, 0) is 31.2 Å². The summed E-state index contributed by atoms with van der Waals surface area (Å²) >= 11 is 1.56. The van der Waals surface area contributed by atoms with Crippen molar-refractivity contribution in [3.8, 4) is 10.8 Å². The first-order valence-corrected chi connectivity index (χ1v) is 5.97. The van der Waals surface area contributed by atoms with Crippen LogP contribution in [0.4, 0.5) is 0 Å². The first-order valence-electron chi connectivity index (χ1n) is 5.16. The molecule has 0 aliphatic rings. The van der Waals surface area contributed by atoms with Gasteiger partial charge >= 0.3 is 5.69 Å². The highest BCUT2D eigenvalue weighted by molar-refractivity contribution is 7.14. The summed E-state index contributed by atoms with van der Waals surface area (Å²) in [6, 6.07) is 8.76. The molecule has 0 radical (unpaired) electrons. The Balaban J connectivity index is 2.36. The largest absolute Gasteiger partial charge is 0.508 e. The molecule has 5 heteroatoms. The van der Waals surface area contributed by atoms with Crippen LogP contribution in [0.3, 0.4) is 0 Å². The number of nitrogens with one attached hydrogen (secondary N) is 1. The maximum Gasteiger partial charge on any atom is 0.331 e. The molecule has 0 bridgehead atoms. The number of hydrogen-bond acceptors (Lipinski definition) is 3. The lowest BCUT2D eigenvalue weighted by Crippen LogP contribution is -2.13. The number of thiophene rings is 1. The first-order chi connectivity index (χ1) is 8.15. The minimum atomic E-state index is -0.188. The second-order valence-electron chi connectivity index (χ2n) is 3.85. The van der Waals surface area contributed by atoms with Crippen molar-refractivity contribution in [3.05, 3.63) is 45.7 Å². The van der Waals surface area contributed by atoms with Crippen LogP contribution < -0.4 is 5.69 Å². The van der Waals surface area contributed by atoms with Crippen LogP contribution in [0.25, 0.3) is 16.0 Å². The summed E-state index contributed by atoms with van der Waals surface area (Å²) in [5, 5.41) is 10.3. The minimum Gasteiger partial charge on any atom is -0.508 e. The van der Waals surface area contributed by atoms with Crippen molar-refractivity contribution in [1.82, 2.24) is 9.55 Å². The third kappa shape index (κ3) is 1.55. The number of nitrogens with zero attached hydrogens (tertiary/aromatic N) is 1. The predicted octanol–water partition coefficient (Wildman–Crippen LogP) is 2.39. The Bertz CT molecular complexity index is 751. The van der Waals surface area contributed by atoms with Crippen molar-refractivity contribution >= 4 is 22.4 Å². The van der Waals surface area contributed by atoms with Crippen molar-refractivity contribution in [3.63, 3.8) is 0 Å². The molecule has 0 atom stereocenters. The van der Waals surface area contributed by atoms with Crippen LogP contribution in [0.1, 0.15) is 4.88 Å². The lowest BCUT2D eigenvalue weighted by atomic mass is 10.3. The highest BCUT2D eigenvalue weighted by Gasteiger charge is 2.10. The van der Waals surface area contributed by atoms with Crippen LogP contribution in [0.15, 0.2) is 35.1 Å². The van der Waals surface area contributed by atoms with E-state index >= 15 is 0 Å². The molecule has 0 aliphatic heterocycles. The standard InChI is InChI=1S/C12H10N2O2S/c1-7-2-5-11(17-7)14-10-4-3-8(15)6-9(10)13-12(14)16/h2-6,15H,1H3,(H,13,16). The number of aromatic amines is 1. The normalized spacial score (nSPS) is 11.1. The van der Waals surface area contributed by atoms with E-state index in [1.807, 2.05) is 19.1 Å². The topological polar surface area (TPSA) is 58.0 Å².